The molecule has 0 aliphatic heterocycles. The minimum absolute atomic E-state index is 0.0146. The predicted molar refractivity (Wildman–Crippen MR) is 123 cm³/mol. The summed E-state index contributed by atoms with van der Waals surface area (Å²) in [5.74, 6) is -0.0408. The molecule has 0 radical (unpaired) electrons. The van der Waals surface area contributed by atoms with Crippen LogP contribution in [0.15, 0.2) is 79.3 Å². The second-order valence-corrected chi connectivity index (χ2v) is 7.67. The fourth-order valence-electron chi connectivity index (χ4n) is 3.23. The first-order chi connectivity index (χ1) is 15.9. The number of rotatable bonds is 8. The topological polar surface area (TPSA) is 104 Å². The Hall–Kier alpha value is -4.11. The third-order valence-corrected chi connectivity index (χ3v) is 5.27. The van der Waals surface area contributed by atoms with Gasteiger partial charge in [-0.25, -0.2) is 4.68 Å². The summed E-state index contributed by atoms with van der Waals surface area (Å²) in [7, 11) is 0. The van der Waals surface area contributed by atoms with Gasteiger partial charge in [0.25, 0.3) is 11.6 Å². The van der Waals surface area contributed by atoms with E-state index in [1.807, 2.05) is 60.3 Å². The number of nitro groups is 1. The molecule has 2 aromatic heterocycles. The lowest BCUT2D eigenvalue weighted by atomic mass is 10.1. The van der Waals surface area contributed by atoms with E-state index in [4.69, 9.17) is 16.3 Å². The van der Waals surface area contributed by atoms with Gasteiger partial charge in [0.15, 0.2) is 6.73 Å². The van der Waals surface area contributed by atoms with Gasteiger partial charge < -0.3 is 14.6 Å². The lowest BCUT2D eigenvalue weighted by molar-refractivity contribution is -0.384. The van der Waals surface area contributed by atoms with Gasteiger partial charge >= 0.3 is 0 Å². The molecular formula is C23H20ClN5O4. The van der Waals surface area contributed by atoms with Gasteiger partial charge in [-0.05, 0) is 48.9 Å². The number of amides is 1. The van der Waals surface area contributed by atoms with Crippen LogP contribution in [0.3, 0.4) is 0 Å². The van der Waals surface area contributed by atoms with Crippen molar-refractivity contribution < 1.29 is 14.5 Å². The molecule has 2 aromatic carbocycles. The van der Waals surface area contributed by atoms with Crippen LogP contribution in [0.5, 0.6) is 5.75 Å². The summed E-state index contributed by atoms with van der Waals surface area (Å²) in [6.45, 7) is 1.89. The third kappa shape index (κ3) is 5.21. The molecule has 9 nitrogen and oxygen atoms in total. The standard InChI is InChI=1S/C23H20ClN5O4/c1-16(17-5-4-6-18(13-17)27-10-2-3-11-27)25-23(30)21-9-12-28(26-21)15-33-22-8-7-19(29(31)32)14-20(22)24/h2-14,16H,15H2,1H3,(H,25,30). The summed E-state index contributed by atoms with van der Waals surface area (Å²) >= 11 is 6.03. The molecule has 1 N–H and O–H groups in total. The van der Waals surface area contributed by atoms with Crippen LogP contribution < -0.4 is 10.1 Å². The highest BCUT2D eigenvalue weighted by atomic mass is 35.5. The Bertz CT molecular complexity index is 1290. The van der Waals surface area contributed by atoms with E-state index in [0.29, 0.717) is 0 Å². The Kier molecular flexibility index (Phi) is 6.41. The molecule has 0 aliphatic rings. The van der Waals surface area contributed by atoms with E-state index in [2.05, 4.69) is 10.4 Å². The van der Waals surface area contributed by atoms with Crippen molar-refractivity contribution in [1.82, 2.24) is 19.7 Å². The minimum atomic E-state index is -0.536. The van der Waals surface area contributed by atoms with Crippen molar-refractivity contribution in [2.75, 3.05) is 0 Å². The van der Waals surface area contributed by atoms with Gasteiger partial charge in [0.2, 0.25) is 0 Å². The number of aromatic nitrogens is 3. The Balaban J connectivity index is 1.37. The second-order valence-electron chi connectivity index (χ2n) is 7.27. The molecule has 0 saturated heterocycles. The van der Waals surface area contributed by atoms with E-state index in [-0.39, 0.29) is 40.8 Å². The van der Waals surface area contributed by atoms with E-state index in [1.165, 1.54) is 22.9 Å². The molecule has 0 spiro atoms. The third-order valence-electron chi connectivity index (χ3n) is 4.97. The highest BCUT2D eigenvalue weighted by Crippen LogP contribution is 2.28. The largest absolute Gasteiger partial charge is 0.470 e. The monoisotopic (exact) mass is 465 g/mol. The first kappa shape index (κ1) is 22.1. The van der Waals surface area contributed by atoms with Gasteiger partial charge in [0.05, 0.1) is 16.0 Å². The van der Waals surface area contributed by atoms with Crippen molar-refractivity contribution in [2.24, 2.45) is 0 Å². The molecule has 10 heteroatoms. The first-order valence-electron chi connectivity index (χ1n) is 10.0. The van der Waals surface area contributed by atoms with Crippen LogP contribution in [-0.2, 0) is 6.73 Å². The number of halogens is 1. The van der Waals surface area contributed by atoms with Gasteiger partial charge in [0, 0.05) is 36.4 Å². The van der Waals surface area contributed by atoms with Crippen LogP contribution in [-0.4, -0.2) is 25.2 Å². The van der Waals surface area contributed by atoms with Gasteiger partial charge in [-0.3, -0.25) is 14.9 Å². The van der Waals surface area contributed by atoms with Gasteiger partial charge in [-0.1, -0.05) is 23.7 Å². The molecular weight excluding hydrogens is 446 g/mol. The first-order valence-corrected chi connectivity index (χ1v) is 10.4. The molecule has 33 heavy (non-hydrogen) atoms. The summed E-state index contributed by atoms with van der Waals surface area (Å²) in [4.78, 5) is 22.9. The van der Waals surface area contributed by atoms with Crippen molar-refractivity contribution in [2.45, 2.75) is 19.7 Å². The van der Waals surface area contributed by atoms with Gasteiger partial charge in [-0.15, -0.1) is 0 Å². The molecule has 4 rings (SSSR count). The van der Waals surface area contributed by atoms with Crippen LogP contribution in [0, 0.1) is 10.1 Å². The number of benzene rings is 2. The van der Waals surface area contributed by atoms with E-state index >= 15 is 0 Å². The fourth-order valence-corrected chi connectivity index (χ4v) is 3.46. The summed E-state index contributed by atoms with van der Waals surface area (Å²) in [6.07, 6.45) is 5.52. The highest BCUT2D eigenvalue weighted by Gasteiger charge is 2.15. The Morgan fingerprint density at radius 3 is 2.67 bits per heavy atom. The smallest absolute Gasteiger partial charge is 0.272 e. The van der Waals surface area contributed by atoms with Crippen LogP contribution in [0.25, 0.3) is 5.69 Å². The molecule has 1 atom stereocenters. The Morgan fingerprint density at radius 1 is 1.15 bits per heavy atom. The van der Waals surface area contributed by atoms with E-state index < -0.39 is 4.92 Å². The fraction of sp³-hybridized carbons (Fsp3) is 0.130. The van der Waals surface area contributed by atoms with Crippen LogP contribution in [0.1, 0.15) is 29.0 Å². The number of nitro benzene ring substituents is 1. The van der Waals surface area contributed by atoms with E-state index in [1.54, 1.807) is 12.3 Å². The average Bonchev–Trinajstić information content (AvgIpc) is 3.51. The normalized spacial score (nSPS) is 11.7. The van der Waals surface area contributed by atoms with Crippen LogP contribution >= 0.6 is 11.6 Å². The van der Waals surface area contributed by atoms with Crippen molar-refractivity contribution in [1.29, 1.82) is 0 Å². The zero-order valence-electron chi connectivity index (χ0n) is 17.6. The second kappa shape index (κ2) is 9.58. The summed E-state index contributed by atoms with van der Waals surface area (Å²) in [5, 5.41) is 18.1. The molecule has 0 bridgehead atoms. The van der Waals surface area contributed by atoms with E-state index in [9.17, 15) is 14.9 Å². The Labute approximate surface area is 194 Å². The number of hydrogen-bond acceptors (Lipinski definition) is 5. The predicted octanol–water partition coefficient (Wildman–Crippen LogP) is 4.76. The van der Waals surface area contributed by atoms with Gasteiger partial charge in [0.1, 0.15) is 11.4 Å². The average molecular weight is 466 g/mol. The molecule has 0 fully saturated rings. The summed E-state index contributed by atoms with van der Waals surface area (Å²) in [5.41, 5.74) is 2.08. The molecule has 4 aromatic rings. The molecule has 1 unspecified atom stereocenters. The van der Waals surface area contributed by atoms with Crippen molar-refractivity contribution in [3.05, 3.63) is 106 Å². The highest BCUT2D eigenvalue weighted by molar-refractivity contribution is 6.32. The number of non-ortho nitro benzene ring substituents is 1. The van der Waals surface area contributed by atoms with Crippen LogP contribution in [0.2, 0.25) is 5.02 Å². The lowest BCUT2D eigenvalue weighted by Crippen LogP contribution is -2.27. The summed E-state index contributed by atoms with van der Waals surface area (Å²) in [6, 6.07) is 17.1. The molecule has 0 aliphatic carbocycles. The zero-order valence-corrected chi connectivity index (χ0v) is 18.3. The van der Waals surface area contributed by atoms with E-state index in [0.717, 1.165) is 11.3 Å². The number of nitrogens with one attached hydrogen (secondary N) is 1. The Morgan fingerprint density at radius 2 is 1.94 bits per heavy atom. The summed E-state index contributed by atoms with van der Waals surface area (Å²) < 4.78 is 8.99. The molecule has 0 saturated carbocycles. The maximum absolute atomic E-state index is 12.7. The number of ether oxygens (including phenoxy) is 1. The zero-order chi connectivity index (χ0) is 23.4. The lowest BCUT2D eigenvalue weighted by Gasteiger charge is -2.15. The molecule has 2 heterocycles. The minimum Gasteiger partial charge on any atom is -0.470 e. The van der Waals surface area contributed by atoms with Crippen molar-refractivity contribution >= 4 is 23.2 Å². The van der Waals surface area contributed by atoms with Crippen molar-refractivity contribution in [3.63, 3.8) is 0 Å². The van der Waals surface area contributed by atoms with Crippen LogP contribution in [0.4, 0.5) is 5.69 Å². The number of nitrogens with zero attached hydrogens (tertiary/aromatic N) is 4. The number of carbonyl (C=O) groups excluding carboxylic acids is 1. The molecule has 1 amide bonds. The number of carbonyl (C=O) groups is 1. The number of hydrogen-bond donors (Lipinski definition) is 1. The SMILES string of the molecule is CC(NC(=O)c1ccn(COc2ccc([N+](=O)[O-])cc2Cl)n1)c1cccc(-n2cccc2)c1. The maximum Gasteiger partial charge on any atom is 0.272 e. The maximum atomic E-state index is 12.7. The van der Waals surface area contributed by atoms with Gasteiger partial charge in [-0.2, -0.15) is 5.10 Å². The quantitative estimate of drug-likeness (QED) is 0.298. The molecule has 168 valence electrons. The van der Waals surface area contributed by atoms with Crippen molar-refractivity contribution in [3.8, 4) is 11.4 Å².